The second-order valence-corrected chi connectivity index (χ2v) is 7.13. The number of nitrogens with zero attached hydrogens (tertiary/aromatic N) is 2. The van der Waals surface area contributed by atoms with Crippen molar-refractivity contribution in [2.75, 3.05) is 40.0 Å². The minimum absolute atomic E-state index is 0.456. The standard InChI is InChI=1S/C16H26N2S/c1-16(9-10-17(2)12-16)13-18(3)11-14-7-5-6-8-15(14)19-4/h5-8H,9-13H2,1-4H3/t16-/m1/s1. The maximum Gasteiger partial charge on any atom is 0.0242 e. The Labute approximate surface area is 122 Å². The summed E-state index contributed by atoms with van der Waals surface area (Å²) in [5, 5.41) is 0. The van der Waals surface area contributed by atoms with Crippen LogP contribution in [0.4, 0.5) is 0 Å². The Morgan fingerprint density at radius 1 is 1.37 bits per heavy atom. The van der Waals surface area contributed by atoms with Crippen LogP contribution in [0, 0.1) is 5.41 Å². The molecule has 0 bridgehead atoms. The summed E-state index contributed by atoms with van der Waals surface area (Å²) in [5.74, 6) is 0. The Morgan fingerprint density at radius 3 is 2.74 bits per heavy atom. The van der Waals surface area contributed by atoms with Crippen LogP contribution >= 0.6 is 11.8 Å². The highest BCUT2D eigenvalue weighted by molar-refractivity contribution is 7.98. The Hall–Kier alpha value is -0.510. The van der Waals surface area contributed by atoms with Crippen LogP contribution in [0.2, 0.25) is 0 Å². The molecule has 1 aromatic carbocycles. The molecule has 1 atom stereocenters. The molecule has 0 spiro atoms. The highest BCUT2D eigenvalue weighted by Gasteiger charge is 2.32. The second-order valence-electron chi connectivity index (χ2n) is 6.28. The quantitative estimate of drug-likeness (QED) is 0.764. The van der Waals surface area contributed by atoms with Crippen LogP contribution in [0.15, 0.2) is 29.2 Å². The van der Waals surface area contributed by atoms with Crippen LogP contribution in [-0.2, 0) is 6.54 Å². The summed E-state index contributed by atoms with van der Waals surface area (Å²) in [6.07, 6.45) is 3.48. The molecule has 2 nitrogen and oxygen atoms in total. The SMILES string of the molecule is CSc1ccccc1CN(C)C[C@]1(C)CCN(C)C1. The minimum Gasteiger partial charge on any atom is -0.306 e. The van der Waals surface area contributed by atoms with E-state index in [0.29, 0.717) is 5.41 Å². The average Bonchev–Trinajstić information content (AvgIpc) is 2.69. The summed E-state index contributed by atoms with van der Waals surface area (Å²) in [6, 6.07) is 8.75. The van der Waals surface area contributed by atoms with Gasteiger partial charge in [-0.15, -0.1) is 11.8 Å². The van der Waals surface area contributed by atoms with E-state index in [-0.39, 0.29) is 0 Å². The molecule has 0 saturated carbocycles. The normalized spacial score (nSPS) is 24.3. The van der Waals surface area contributed by atoms with E-state index in [9.17, 15) is 0 Å². The smallest absolute Gasteiger partial charge is 0.0242 e. The van der Waals surface area contributed by atoms with Crippen LogP contribution in [0.25, 0.3) is 0 Å². The van der Waals surface area contributed by atoms with Crippen molar-refractivity contribution in [2.45, 2.75) is 24.8 Å². The number of thioether (sulfide) groups is 1. The van der Waals surface area contributed by atoms with E-state index >= 15 is 0 Å². The first-order valence-electron chi connectivity index (χ1n) is 7.01. The first-order chi connectivity index (χ1) is 9.02. The van der Waals surface area contributed by atoms with Gasteiger partial charge in [0, 0.05) is 24.5 Å². The predicted octanol–water partition coefficient (Wildman–Crippen LogP) is 3.18. The summed E-state index contributed by atoms with van der Waals surface area (Å²) in [6.45, 7) is 7.12. The molecule has 0 unspecified atom stereocenters. The number of likely N-dealkylation sites (tertiary alicyclic amines) is 1. The molecule has 1 heterocycles. The van der Waals surface area contributed by atoms with Crippen molar-refractivity contribution in [3.8, 4) is 0 Å². The van der Waals surface area contributed by atoms with Gasteiger partial charge >= 0.3 is 0 Å². The van der Waals surface area contributed by atoms with Crippen LogP contribution in [0.3, 0.4) is 0 Å². The van der Waals surface area contributed by atoms with E-state index in [1.807, 2.05) is 11.8 Å². The predicted molar refractivity (Wildman–Crippen MR) is 84.8 cm³/mol. The van der Waals surface area contributed by atoms with Crippen molar-refractivity contribution >= 4 is 11.8 Å². The van der Waals surface area contributed by atoms with Gasteiger partial charge in [0.2, 0.25) is 0 Å². The van der Waals surface area contributed by atoms with Crippen molar-refractivity contribution in [3.05, 3.63) is 29.8 Å². The molecule has 1 fully saturated rings. The topological polar surface area (TPSA) is 6.48 Å². The van der Waals surface area contributed by atoms with Crippen molar-refractivity contribution in [1.29, 1.82) is 0 Å². The van der Waals surface area contributed by atoms with Gasteiger partial charge in [0.25, 0.3) is 0 Å². The number of hydrogen-bond acceptors (Lipinski definition) is 3. The lowest BCUT2D eigenvalue weighted by Gasteiger charge is -2.30. The van der Waals surface area contributed by atoms with E-state index in [2.05, 4.69) is 61.3 Å². The van der Waals surface area contributed by atoms with Gasteiger partial charge in [-0.25, -0.2) is 0 Å². The van der Waals surface area contributed by atoms with Gasteiger partial charge in [-0.05, 0) is 50.4 Å². The average molecular weight is 278 g/mol. The van der Waals surface area contributed by atoms with E-state index < -0.39 is 0 Å². The largest absolute Gasteiger partial charge is 0.306 e. The van der Waals surface area contributed by atoms with Crippen LogP contribution in [-0.4, -0.2) is 49.8 Å². The Balaban J connectivity index is 1.96. The summed E-state index contributed by atoms with van der Waals surface area (Å²) in [4.78, 5) is 6.33. The first kappa shape index (κ1) is 14.9. The first-order valence-corrected chi connectivity index (χ1v) is 8.24. The molecule has 1 saturated heterocycles. The van der Waals surface area contributed by atoms with E-state index in [4.69, 9.17) is 0 Å². The zero-order chi connectivity index (χ0) is 13.9. The monoisotopic (exact) mass is 278 g/mol. The molecule has 0 aliphatic carbocycles. The van der Waals surface area contributed by atoms with Crippen molar-refractivity contribution in [1.82, 2.24) is 9.80 Å². The Bertz CT molecular complexity index is 421. The molecule has 106 valence electrons. The Morgan fingerprint density at radius 2 is 2.11 bits per heavy atom. The highest BCUT2D eigenvalue weighted by Crippen LogP contribution is 2.30. The second kappa shape index (κ2) is 6.29. The zero-order valence-electron chi connectivity index (χ0n) is 12.6. The third kappa shape index (κ3) is 3.98. The van der Waals surface area contributed by atoms with Crippen LogP contribution in [0.5, 0.6) is 0 Å². The third-order valence-corrected chi connectivity index (χ3v) is 4.87. The molecule has 2 rings (SSSR count). The fraction of sp³-hybridized carbons (Fsp3) is 0.625. The number of hydrogen-bond donors (Lipinski definition) is 0. The third-order valence-electron chi connectivity index (χ3n) is 4.03. The summed E-state index contributed by atoms with van der Waals surface area (Å²) in [7, 11) is 4.48. The molecular formula is C16H26N2S. The summed E-state index contributed by atoms with van der Waals surface area (Å²) in [5.41, 5.74) is 1.91. The molecule has 1 aliphatic rings. The zero-order valence-corrected chi connectivity index (χ0v) is 13.5. The van der Waals surface area contributed by atoms with E-state index in [1.54, 1.807) is 0 Å². The highest BCUT2D eigenvalue weighted by atomic mass is 32.2. The summed E-state index contributed by atoms with van der Waals surface area (Å²) < 4.78 is 0. The molecule has 19 heavy (non-hydrogen) atoms. The fourth-order valence-electron chi connectivity index (χ4n) is 3.23. The molecule has 3 heteroatoms. The van der Waals surface area contributed by atoms with E-state index in [1.165, 1.54) is 36.5 Å². The molecule has 0 aromatic heterocycles. The molecular weight excluding hydrogens is 252 g/mol. The maximum absolute atomic E-state index is 2.48. The van der Waals surface area contributed by atoms with Crippen molar-refractivity contribution in [2.24, 2.45) is 5.41 Å². The summed E-state index contributed by atoms with van der Waals surface area (Å²) >= 11 is 1.84. The van der Waals surface area contributed by atoms with Gasteiger partial charge in [0.1, 0.15) is 0 Å². The van der Waals surface area contributed by atoms with Gasteiger partial charge in [0.05, 0.1) is 0 Å². The molecule has 1 aliphatic heterocycles. The van der Waals surface area contributed by atoms with Gasteiger partial charge in [0.15, 0.2) is 0 Å². The van der Waals surface area contributed by atoms with E-state index in [0.717, 1.165) is 6.54 Å². The molecule has 1 aromatic rings. The van der Waals surface area contributed by atoms with Gasteiger partial charge in [-0.1, -0.05) is 25.1 Å². The van der Waals surface area contributed by atoms with Crippen molar-refractivity contribution < 1.29 is 0 Å². The van der Waals surface area contributed by atoms with Gasteiger partial charge in [-0.2, -0.15) is 0 Å². The van der Waals surface area contributed by atoms with Crippen LogP contribution < -0.4 is 0 Å². The van der Waals surface area contributed by atoms with Gasteiger partial charge in [-0.3, -0.25) is 0 Å². The van der Waals surface area contributed by atoms with Crippen molar-refractivity contribution in [3.63, 3.8) is 0 Å². The molecule has 0 N–H and O–H groups in total. The lowest BCUT2D eigenvalue weighted by molar-refractivity contribution is 0.189. The Kier molecular flexibility index (Phi) is 4.93. The van der Waals surface area contributed by atoms with Gasteiger partial charge < -0.3 is 9.80 Å². The maximum atomic E-state index is 2.48. The molecule has 0 radical (unpaired) electrons. The number of benzene rings is 1. The molecule has 0 amide bonds. The minimum atomic E-state index is 0.456. The fourth-order valence-corrected chi connectivity index (χ4v) is 3.84. The van der Waals surface area contributed by atoms with Crippen LogP contribution in [0.1, 0.15) is 18.9 Å². The lowest BCUT2D eigenvalue weighted by Crippen LogP contribution is -2.35. The number of rotatable bonds is 5. The lowest BCUT2D eigenvalue weighted by atomic mass is 9.89.